The van der Waals surface area contributed by atoms with Crippen LogP contribution in [-0.4, -0.2) is 35.0 Å². The van der Waals surface area contributed by atoms with Crippen LogP contribution in [0.1, 0.15) is 44.7 Å². The van der Waals surface area contributed by atoms with Crippen LogP contribution in [0.5, 0.6) is 0 Å². The number of fused-ring (bicyclic) bond motifs is 6. The van der Waals surface area contributed by atoms with E-state index >= 15 is 0 Å². The summed E-state index contributed by atoms with van der Waals surface area (Å²) in [5.74, 6) is -1.09. The van der Waals surface area contributed by atoms with Crippen LogP contribution in [0.3, 0.4) is 0 Å². The van der Waals surface area contributed by atoms with Crippen LogP contribution in [0.2, 0.25) is 0 Å². The Labute approximate surface area is 214 Å². The molecule has 0 saturated carbocycles. The van der Waals surface area contributed by atoms with E-state index in [1.165, 1.54) is 0 Å². The molecule has 1 unspecified atom stereocenters. The van der Waals surface area contributed by atoms with E-state index in [0.717, 1.165) is 34.7 Å². The van der Waals surface area contributed by atoms with E-state index in [9.17, 15) is 14.4 Å². The van der Waals surface area contributed by atoms with Gasteiger partial charge in [-0.05, 0) is 47.4 Å². The predicted molar refractivity (Wildman–Crippen MR) is 141 cm³/mol. The Morgan fingerprint density at radius 3 is 2.41 bits per heavy atom. The molecule has 1 N–H and O–H groups in total. The third-order valence-corrected chi connectivity index (χ3v) is 9.32. The van der Waals surface area contributed by atoms with Crippen molar-refractivity contribution in [2.24, 2.45) is 5.92 Å². The number of nitrogens with one attached hydrogen (secondary N) is 1. The van der Waals surface area contributed by atoms with Crippen LogP contribution in [0.25, 0.3) is 10.8 Å². The maximum absolute atomic E-state index is 14.9. The fraction of sp³-hybridized carbons (Fsp3) is 0.219. The number of hydrogen-bond acceptors (Lipinski definition) is 4. The number of rotatable bonds is 2. The summed E-state index contributed by atoms with van der Waals surface area (Å²) in [5.41, 5.74) is 0.844. The topological polar surface area (TPSA) is 66.5 Å². The number of ketones is 2. The lowest BCUT2D eigenvalue weighted by atomic mass is 9.56. The highest BCUT2D eigenvalue weighted by Gasteiger charge is 2.80. The van der Waals surface area contributed by atoms with Gasteiger partial charge in [0.15, 0.2) is 11.6 Å². The van der Waals surface area contributed by atoms with E-state index in [-0.39, 0.29) is 23.5 Å². The first-order valence-electron chi connectivity index (χ1n) is 13.0. The van der Waals surface area contributed by atoms with Gasteiger partial charge in [0.05, 0.1) is 5.92 Å². The normalized spacial score (nSPS) is 29.3. The molecule has 8 rings (SSSR count). The highest BCUT2D eigenvalue weighted by molar-refractivity contribution is 6.27. The van der Waals surface area contributed by atoms with Gasteiger partial charge in [-0.25, -0.2) is 0 Å². The molecule has 1 amide bonds. The van der Waals surface area contributed by atoms with Gasteiger partial charge in [-0.1, -0.05) is 84.9 Å². The van der Waals surface area contributed by atoms with Gasteiger partial charge in [0.25, 0.3) is 0 Å². The molecule has 2 spiro atoms. The Bertz CT molecular complexity index is 1670. The van der Waals surface area contributed by atoms with E-state index in [2.05, 4.69) is 10.2 Å². The quantitative estimate of drug-likeness (QED) is 0.402. The van der Waals surface area contributed by atoms with Gasteiger partial charge in [0.1, 0.15) is 11.0 Å². The molecule has 1 aliphatic carbocycles. The molecule has 0 radical (unpaired) electrons. The van der Waals surface area contributed by atoms with Crippen molar-refractivity contribution < 1.29 is 14.4 Å². The van der Waals surface area contributed by atoms with Crippen LogP contribution < -0.4 is 5.32 Å². The number of carbonyl (C=O) groups excluding carboxylic acids is 3. The zero-order valence-electron chi connectivity index (χ0n) is 20.1. The molecule has 37 heavy (non-hydrogen) atoms. The number of anilines is 1. The molecule has 4 aliphatic rings. The molecule has 180 valence electrons. The molecule has 2 fully saturated rings. The highest BCUT2D eigenvalue weighted by Crippen LogP contribution is 2.68. The molecule has 3 heterocycles. The number of Topliss-reactive ketones (excluding diaryl/α,β-unsaturated/α-hetero) is 2. The molecule has 0 aromatic heterocycles. The van der Waals surface area contributed by atoms with Crippen LogP contribution in [0.4, 0.5) is 5.69 Å². The minimum atomic E-state index is -1.38. The van der Waals surface area contributed by atoms with Gasteiger partial charge < -0.3 is 5.32 Å². The zero-order chi connectivity index (χ0) is 24.9. The SMILES string of the molecule is O=C(c1ccccc1)[C@@H]1C2CCCN2[C@]2(C(=O)c3cccc4cccc2c34)[C@@]12C(=O)Nc1ccccc12. The van der Waals surface area contributed by atoms with Crippen LogP contribution >= 0.6 is 0 Å². The van der Waals surface area contributed by atoms with Crippen molar-refractivity contribution in [2.45, 2.75) is 29.8 Å². The van der Waals surface area contributed by atoms with Gasteiger partial charge in [-0.2, -0.15) is 0 Å². The Hall–Kier alpha value is -4.09. The lowest BCUT2D eigenvalue weighted by Gasteiger charge is -2.44. The fourth-order valence-electron chi connectivity index (χ4n) is 8.22. The summed E-state index contributed by atoms with van der Waals surface area (Å²) in [6.07, 6.45) is 1.64. The van der Waals surface area contributed by atoms with Crippen molar-refractivity contribution in [3.8, 4) is 0 Å². The Morgan fingerprint density at radius 1 is 0.838 bits per heavy atom. The van der Waals surface area contributed by atoms with E-state index < -0.39 is 16.9 Å². The number of para-hydroxylation sites is 1. The minimum absolute atomic E-state index is 0.0681. The largest absolute Gasteiger partial charge is 0.325 e. The van der Waals surface area contributed by atoms with E-state index in [1.54, 1.807) is 0 Å². The van der Waals surface area contributed by atoms with Crippen molar-refractivity contribution in [3.63, 3.8) is 0 Å². The predicted octanol–water partition coefficient (Wildman–Crippen LogP) is 5.10. The molecule has 4 aromatic rings. The Balaban J connectivity index is 1.53. The fourth-order valence-corrected chi connectivity index (χ4v) is 8.22. The number of nitrogens with zero attached hydrogens (tertiary/aromatic N) is 1. The molecule has 0 bridgehead atoms. The van der Waals surface area contributed by atoms with E-state index in [4.69, 9.17) is 0 Å². The third kappa shape index (κ3) is 2.20. The van der Waals surface area contributed by atoms with Crippen molar-refractivity contribution in [1.29, 1.82) is 0 Å². The van der Waals surface area contributed by atoms with E-state index in [1.807, 2.05) is 91.0 Å². The standard InChI is InChI=1S/C32H24N2O3/c35-28(20-9-2-1-3-10-20)27-25-17-8-18-34(25)32(31(27)22-14-4-5-16-24(22)33-30(31)37)23-15-7-12-19-11-6-13-21(26(19)23)29(32)36/h1-7,9-16,25,27H,8,17-18H2,(H,33,37)/t25?,27-,31+,32+/m0/s1. The van der Waals surface area contributed by atoms with Gasteiger partial charge in [0.2, 0.25) is 5.91 Å². The second kappa shape index (κ2) is 7.02. The molecule has 5 nitrogen and oxygen atoms in total. The number of amides is 1. The minimum Gasteiger partial charge on any atom is -0.325 e. The lowest BCUT2D eigenvalue weighted by Crippen LogP contribution is -2.61. The summed E-state index contributed by atoms with van der Waals surface area (Å²) in [7, 11) is 0. The summed E-state index contributed by atoms with van der Waals surface area (Å²) >= 11 is 0. The van der Waals surface area contributed by atoms with Crippen molar-refractivity contribution >= 4 is 33.9 Å². The molecule has 5 heteroatoms. The van der Waals surface area contributed by atoms with Gasteiger partial charge >= 0.3 is 0 Å². The van der Waals surface area contributed by atoms with E-state index in [0.29, 0.717) is 23.4 Å². The summed E-state index contributed by atoms with van der Waals surface area (Å²) in [5, 5.41) is 5.01. The first kappa shape index (κ1) is 21.0. The number of benzene rings is 4. The lowest BCUT2D eigenvalue weighted by molar-refractivity contribution is -0.124. The highest BCUT2D eigenvalue weighted by atomic mass is 16.2. The summed E-state index contributed by atoms with van der Waals surface area (Å²) in [4.78, 5) is 46.3. The maximum Gasteiger partial charge on any atom is 0.238 e. The zero-order valence-corrected chi connectivity index (χ0v) is 20.1. The second-order valence-electron chi connectivity index (χ2n) is 10.7. The molecular weight excluding hydrogens is 460 g/mol. The van der Waals surface area contributed by atoms with Gasteiger partial charge in [0, 0.05) is 22.9 Å². The summed E-state index contributed by atoms with van der Waals surface area (Å²) < 4.78 is 0. The van der Waals surface area contributed by atoms with Crippen LogP contribution in [0.15, 0.2) is 91.0 Å². The van der Waals surface area contributed by atoms with Crippen molar-refractivity contribution in [3.05, 3.63) is 113 Å². The average molecular weight is 485 g/mol. The number of hydrogen-bond donors (Lipinski definition) is 1. The van der Waals surface area contributed by atoms with Crippen LogP contribution in [0, 0.1) is 5.92 Å². The molecule has 4 aromatic carbocycles. The Morgan fingerprint density at radius 2 is 1.57 bits per heavy atom. The van der Waals surface area contributed by atoms with Crippen LogP contribution in [-0.2, 0) is 15.7 Å². The third-order valence-electron chi connectivity index (χ3n) is 9.32. The maximum atomic E-state index is 14.9. The first-order valence-corrected chi connectivity index (χ1v) is 13.0. The second-order valence-corrected chi connectivity index (χ2v) is 10.7. The average Bonchev–Trinajstić information content (AvgIpc) is 3.65. The molecule has 3 aliphatic heterocycles. The van der Waals surface area contributed by atoms with Gasteiger partial charge in [-0.3, -0.25) is 19.3 Å². The first-order chi connectivity index (χ1) is 18.1. The number of carbonyl (C=O) groups is 3. The monoisotopic (exact) mass is 484 g/mol. The Kier molecular flexibility index (Phi) is 3.99. The molecule has 2 saturated heterocycles. The smallest absolute Gasteiger partial charge is 0.238 e. The summed E-state index contributed by atoms with van der Waals surface area (Å²) in [6, 6.07) is 28.5. The molecule has 4 atom stereocenters. The van der Waals surface area contributed by atoms with Crippen molar-refractivity contribution in [2.75, 3.05) is 11.9 Å². The summed E-state index contributed by atoms with van der Waals surface area (Å²) in [6.45, 7) is 0.663. The van der Waals surface area contributed by atoms with Crippen molar-refractivity contribution in [1.82, 2.24) is 4.90 Å². The molecular formula is C32H24N2O3. The van der Waals surface area contributed by atoms with Gasteiger partial charge in [-0.15, -0.1) is 0 Å².